The second-order valence-electron chi connectivity index (χ2n) is 12.3. The number of fused-ring (bicyclic) bond motifs is 1. The second-order valence-corrected chi connectivity index (χ2v) is 12.8. The van der Waals surface area contributed by atoms with Crippen molar-refractivity contribution in [2.45, 2.75) is 51.1 Å². The minimum Gasteiger partial charge on any atom is -0.380 e. The molecule has 2 aliphatic heterocycles. The minimum atomic E-state index is -2.89. The summed E-state index contributed by atoms with van der Waals surface area (Å²) in [6.45, 7) is 2.25. The van der Waals surface area contributed by atoms with E-state index in [1.54, 1.807) is 26.3 Å². The van der Waals surface area contributed by atoms with Gasteiger partial charge in [-0.15, -0.1) is 0 Å². The zero-order chi connectivity index (χ0) is 31.3. The first-order chi connectivity index (χ1) is 21.7. The summed E-state index contributed by atoms with van der Waals surface area (Å²) in [6.07, 6.45) is 3.09. The largest absolute Gasteiger partial charge is 0.380 e. The number of para-hydroxylation sites is 2. The summed E-state index contributed by atoms with van der Waals surface area (Å²) in [5.41, 5.74) is 1.06. The van der Waals surface area contributed by atoms with Crippen LogP contribution in [-0.2, 0) is 16.1 Å². The van der Waals surface area contributed by atoms with E-state index in [0.29, 0.717) is 57.1 Å². The van der Waals surface area contributed by atoms with E-state index in [1.165, 1.54) is 6.07 Å². The van der Waals surface area contributed by atoms with E-state index in [1.807, 2.05) is 30.3 Å². The molecule has 1 aliphatic carbocycles. The maximum atomic E-state index is 13.9. The van der Waals surface area contributed by atoms with Gasteiger partial charge in [0.15, 0.2) is 0 Å². The third-order valence-corrected chi connectivity index (χ3v) is 9.41. The van der Waals surface area contributed by atoms with E-state index in [9.17, 15) is 23.2 Å². The molecule has 234 valence electrons. The summed E-state index contributed by atoms with van der Waals surface area (Å²) in [7, 11) is 0. The third-order valence-electron chi connectivity index (χ3n) is 9.20. The highest BCUT2D eigenvalue weighted by Gasteiger charge is 2.49. The van der Waals surface area contributed by atoms with Gasteiger partial charge in [-0.1, -0.05) is 23.7 Å². The first-order valence-electron chi connectivity index (χ1n) is 15.0. The zero-order valence-electron chi connectivity index (χ0n) is 24.3. The van der Waals surface area contributed by atoms with Gasteiger partial charge in [-0.25, -0.2) is 18.6 Å². The Bertz CT molecular complexity index is 1830. The molecule has 1 saturated carbocycles. The normalized spacial score (nSPS) is 21.1. The lowest BCUT2D eigenvalue weighted by Crippen LogP contribution is -2.44. The Hall–Kier alpha value is -4.16. The average Bonchev–Trinajstić information content (AvgIpc) is 3.52. The molecule has 1 N–H and O–H groups in total. The fourth-order valence-corrected chi connectivity index (χ4v) is 6.97. The first kappa shape index (κ1) is 29.5. The van der Waals surface area contributed by atoms with E-state index < -0.39 is 18.0 Å². The number of rotatable bonds is 7. The van der Waals surface area contributed by atoms with Gasteiger partial charge in [0, 0.05) is 37.2 Å². The van der Waals surface area contributed by atoms with Crippen molar-refractivity contribution in [3.8, 4) is 5.69 Å². The quantitative estimate of drug-likeness (QED) is 0.309. The maximum Gasteiger partial charge on any atom is 0.333 e. The molecule has 10 nitrogen and oxygen atoms in total. The van der Waals surface area contributed by atoms with Crippen molar-refractivity contribution >= 4 is 40.3 Å². The molecule has 1 aromatic carbocycles. The molecule has 0 atom stereocenters. The van der Waals surface area contributed by atoms with Gasteiger partial charge in [-0.2, -0.15) is 0 Å². The number of anilines is 1. The molecule has 0 unspecified atom stereocenters. The number of imidazole rings is 1. The molecular weight excluding hydrogens is 606 g/mol. The Morgan fingerprint density at radius 1 is 1.04 bits per heavy atom. The number of aromatic nitrogens is 4. The number of halogens is 3. The molecule has 3 fully saturated rings. The minimum absolute atomic E-state index is 0.0287. The van der Waals surface area contributed by atoms with Gasteiger partial charge in [0.1, 0.15) is 11.5 Å². The van der Waals surface area contributed by atoms with Crippen molar-refractivity contribution in [2.75, 3.05) is 24.7 Å². The lowest BCUT2D eigenvalue weighted by molar-refractivity contribution is -0.126. The predicted molar refractivity (Wildman–Crippen MR) is 163 cm³/mol. The number of ether oxygens (including phenoxy) is 1. The molecule has 3 aliphatic rings. The smallest absolute Gasteiger partial charge is 0.333 e. The van der Waals surface area contributed by atoms with Crippen molar-refractivity contribution in [3.05, 3.63) is 81.6 Å². The number of carbonyl (C=O) groups excluding carboxylic acids is 2. The van der Waals surface area contributed by atoms with Crippen LogP contribution in [0.25, 0.3) is 16.7 Å². The Kier molecular flexibility index (Phi) is 7.65. The zero-order valence-corrected chi connectivity index (χ0v) is 25.1. The monoisotopic (exact) mass is 636 g/mol. The molecule has 13 heteroatoms. The van der Waals surface area contributed by atoms with Gasteiger partial charge < -0.3 is 10.1 Å². The Balaban J connectivity index is 1.05. The molecule has 2 amide bonds. The number of benzene rings is 1. The van der Waals surface area contributed by atoms with Gasteiger partial charge in [0.2, 0.25) is 5.91 Å². The fourth-order valence-electron chi connectivity index (χ4n) is 6.81. The van der Waals surface area contributed by atoms with Crippen molar-refractivity contribution in [1.29, 1.82) is 0 Å². The summed E-state index contributed by atoms with van der Waals surface area (Å²) in [6, 6.07) is 12.2. The lowest BCUT2D eigenvalue weighted by atomic mass is 9.85. The second kappa shape index (κ2) is 11.6. The Morgan fingerprint density at radius 2 is 1.80 bits per heavy atom. The highest BCUT2D eigenvalue weighted by atomic mass is 35.5. The number of hydrogen-bond acceptors (Lipinski definition) is 6. The van der Waals surface area contributed by atoms with Crippen molar-refractivity contribution < 1.29 is 23.1 Å². The number of nitrogens with zero attached hydrogens (tertiary/aromatic N) is 5. The first-order valence-corrected chi connectivity index (χ1v) is 15.4. The number of pyridine rings is 2. The lowest BCUT2D eigenvalue weighted by Gasteiger charge is -2.36. The van der Waals surface area contributed by atoms with Crippen LogP contribution in [0.2, 0.25) is 5.02 Å². The molecule has 4 aromatic rings. The van der Waals surface area contributed by atoms with Gasteiger partial charge >= 0.3 is 5.69 Å². The van der Waals surface area contributed by atoms with Crippen molar-refractivity contribution in [3.63, 3.8) is 0 Å². The van der Waals surface area contributed by atoms with Crippen LogP contribution in [0, 0.1) is 11.3 Å². The van der Waals surface area contributed by atoms with Crippen LogP contribution in [0.3, 0.4) is 0 Å². The van der Waals surface area contributed by atoms with Gasteiger partial charge in [-0.3, -0.25) is 28.6 Å². The maximum absolute atomic E-state index is 13.9. The molecule has 5 heterocycles. The van der Waals surface area contributed by atoms with Crippen LogP contribution in [0.5, 0.6) is 0 Å². The van der Waals surface area contributed by atoms with Crippen molar-refractivity contribution in [1.82, 2.24) is 24.4 Å². The van der Waals surface area contributed by atoms with Gasteiger partial charge in [0.05, 0.1) is 46.7 Å². The van der Waals surface area contributed by atoms with Crippen LogP contribution in [0.1, 0.15) is 54.6 Å². The molecule has 45 heavy (non-hydrogen) atoms. The summed E-state index contributed by atoms with van der Waals surface area (Å²) >= 11 is 5.92. The molecule has 3 aromatic heterocycles. The number of nitrogens with one attached hydrogen (secondary N) is 1. The molecule has 0 radical (unpaired) electrons. The Morgan fingerprint density at radius 3 is 2.44 bits per heavy atom. The molecule has 7 rings (SSSR count). The average molecular weight is 637 g/mol. The SMILES string of the molecule is O=C(N[C@H]1CC[C@H](Cn2c(=O)n(-c3ccc(N4CC5(COC5)CC4=O)nc3)c3ccccc32)CC1)c1cc(Cl)cnc1C(F)F. The summed E-state index contributed by atoms with van der Waals surface area (Å²) in [4.78, 5) is 49.2. The fraction of sp³-hybridized carbons (Fsp3) is 0.406. The van der Waals surface area contributed by atoms with Crippen LogP contribution in [0.15, 0.2) is 59.7 Å². The molecule has 2 saturated heterocycles. The van der Waals surface area contributed by atoms with E-state index in [0.717, 1.165) is 30.1 Å². The summed E-state index contributed by atoms with van der Waals surface area (Å²) in [5.74, 6) is 0.156. The topological polar surface area (TPSA) is 111 Å². The standard InChI is InChI=1S/C32H31ClF2N6O4/c33-20-11-23(28(29(34)35)37-13-20)30(43)38-21-7-5-19(6-8-21)15-39-24-3-1-2-4-25(24)41(31(39)44)22-9-10-26(36-14-22)40-16-32(12-27(40)42)17-45-18-32/h1-4,9-11,13-14,19,21,29H,5-8,12,15-18H2,(H,38,43)/t19-,21-. The van der Waals surface area contributed by atoms with E-state index in [-0.39, 0.29) is 39.6 Å². The highest BCUT2D eigenvalue weighted by Crippen LogP contribution is 2.40. The number of hydrogen-bond donors (Lipinski definition) is 1. The van der Waals surface area contributed by atoms with E-state index >= 15 is 0 Å². The van der Waals surface area contributed by atoms with E-state index in [4.69, 9.17) is 16.3 Å². The van der Waals surface area contributed by atoms with Crippen LogP contribution < -0.4 is 15.9 Å². The van der Waals surface area contributed by atoms with Crippen LogP contribution in [0.4, 0.5) is 14.6 Å². The highest BCUT2D eigenvalue weighted by molar-refractivity contribution is 6.30. The van der Waals surface area contributed by atoms with Crippen LogP contribution >= 0.6 is 11.6 Å². The molecule has 0 bridgehead atoms. The summed E-state index contributed by atoms with van der Waals surface area (Å²) < 4.78 is 35.6. The number of amides is 2. The van der Waals surface area contributed by atoms with Gasteiger partial charge in [-0.05, 0) is 61.9 Å². The predicted octanol–water partition coefficient (Wildman–Crippen LogP) is 4.92. The summed E-state index contributed by atoms with van der Waals surface area (Å²) in [5, 5.41) is 2.98. The third kappa shape index (κ3) is 5.50. The van der Waals surface area contributed by atoms with Gasteiger partial charge in [0.25, 0.3) is 12.3 Å². The number of alkyl halides is 2. The molecule has 1 spiro atoms. The van der Waals surface area contributed by atoms with Crippen LogP contribution in [-0.4, -0.2) is 56.7 Å². The number of carbonyl (C=O) groups is 2. The van der Waals surface area contributed by atoms with E-state index in [2.05, 4.69) is 15.3 Å². The molecular formula is C32H31ClF2N6O4. The Labute approximate surface area is 262 Å². The van der Waals surface area contributed by atoms with Crippen molar-refractivity contribution in [2.24, 2.45) is 11.3 Å².